The normalized spacial score (nSPS) is 34.0. The van der Waals surface area contributed by atoms with Crippen LogP contribution in [0.3, 0.4) is 0 Å². The van der Waals surface area contributed by atoms with Crippen LogP contribution in [-0.4, -0.2) is 11.7 Å². The van der Waals surface area contributed by atoms with Crippen molar-refractivity contribution in [3.63, 3.8) is 0 Å². The fourth-order valence-corrected chi connectivity index (χ4v) is 5.47. The first kappa shape index (κ1) is 19.3. The van der Waals surface area contributed by atoms with Gasteiger partial charge in [-0.3, -0.25) is 0 Å². The highest BCUT2D eigenvalue weighted by Gasteiger charge is 2.78. The van der Waals surface area contributed by atoms with E-state index in [4.69, 9.17) is 5.11 Å². The van der Waals surface area contributed by atoms with E-state index >= 15 is 0 Å². The molecule has 0 spiro atoms. The summed E-state index contributed by atoms with van der Waals surface area (Å²) < 4.78 is 0. The Morgan fingerprint density at radius 1 is 0.913 bits per heavy atom. The van der Waals surface area contributed by atoms with Crippen LogP contribution in [0.25, 0.3) is 0 Å². The second kappa shape index (κ2) is 8.88. The van der Waals surface area contributed by atoms with E-state index in [0.717, 1.165) is 41.4 Å². The van der Waals surface area contributed by atoms with Crippen molar-refractivity contribution in [2.24, 2.45) is 35.0 Å². The van der Waals surface area contributed by atoms with Crippen molar-refractivity contribution < 1.29 is 5.11 Å². The summed E-state index contributed by atoms with van der Waals surface area (Å²) in [5, 5.41) is 9.10. The molecule has 4 unspecified atom stereocenters. The van der Waals surface area contributed by atoms with Gasteiger partial charge in [0, 0.05) is 6.61 Å². The number of aliphatic hydroxyl groups excluding tert-OH is 1. The van der Waals surface area contributed by atoms with E-state index in [9.17, 15) is 0 Å². The first-order chi connectivity index (χ1) is 11.0. The third kappa shape index (κ3) is 5.21. The Balaban J connectivity index is 1.53. The summed E-state index contributed by atoms with van der Waals surface area (Å²) >= 11 is 0. The minimum Gasteiger partial charge on any atom is -0.396 e. The molecule has 0 amide bonds. The number of aliphatic hydroxyl groups is 1. The van der Waals surface area contributed by atoms with Crippen LogP contribution in [0.2, 0.25) is 0 Å². The predicted octanol–water partition coefficient (Wildman–Crippen LogP) is 6.44. The molecule has 0 aliphatic heterocycles. The van der Waals surface area contributed by atoms with Gasteiger partial charge < -0.3 is 5.11 Å². The Bertz CT molecular complexity index is 327. The fraction of sp³-hybridized carbons (Fsp3) is 1.00. The smallest absolute Gasteiger partial charge is 0.0431 e. The zero-order chi connectivity index (χ0) is 16.9. The maximum Gasteiger partial charge on any atom is 0.0431 e. The minimum absolute atomic E-state index is 0.375. The van der Waals surface area contributed by atoms with Crippen LogP contribution in [0, 0.1) is 35.0 Å². The summed E-state index contributed by atoms with van der Waals surface area (Å²) in [4.78, 5) is 0. The van der Waals surface area contributed by atoms with Gasteiger partial charge in [0.1, 0.15) is 0 Å². The quantitative estimate of drug-likeness (QED) is 0.365. The first-order valence-electron chi connectivity index (χ1n) is 10.7. The molecule has 2 aliphatic rings. The van der Waals surface area contributed by atoms with Crippen LogP contribution >= 0.6 is 0 Å². The number of hydrogen-bond acceptors (Lipinski definition) is 1. The Hall–Kier alpha value is -0.0400. The molecule has 0 aromatic rings. The number of unbranched alkanes of at least 4 members (excludes halogenated alkanes) is 2. The molecule has 0 heterocycles. The average molecular weight is 323 g/mol. The summed E-state index contributed by atoms with van der Waals surface area (Å²) in [7, 11) is 0. The van der Waals surface area contributed by atoms with Crippen LogP contribution in [-0.2, 0) is 0 Å². The van der Waals surface area contributed by atoms with Gasteiger partial charge in [0.05, 0.1) is 0 Å². The molecule has 136 valence electrons. The second-order valence-corrected chi connectivity index (χ2v) is 9.22. The number of fused-ring (bicyclic) bond motifs is 1. The third-order valence-corrected chi connectivity index (χ3v) is 7.26. The summed E-state index contributed by atoms with van der Waals surface area (Å²) in [5.41, 5.74) is 0.761. The molecule has 1 heteroatoms. The number of hydrogen-bond donors (Lipinski definition) is 1. The van der Waals surface area contributed by atoms with Gasteiger partial charge in [0.25, 0.3) is 0 Å². The molecule has 2 rings (SSSR count). The van der Waals surface area contributed by atoms with Gasteiger partial charge in [-0.15, -0.1) is 0 Å². The lowest BCUT2D eigenvalue weighted by Gasteiger charge is -2.23. The molecular formula is C22H42O. The van der Waals surface area contributed by atoms with Crippen molar-refractivity contribution in [3.8, 4) is 0 Å². The second-order valence-electron chi connectivity index (χ2n) is 9.22. The van der Waals surface area contributed by atoms with Crippen LogP contribution in [0.5, 0.6) is 0 Å². The van der Waals surface area contributed by atoms with Gasteiger partial charge in [-0.25, -0.2) is 0 Å². The summed E-state index contributed by atoms with van der Waals surface area (Å²) in [6.07, 6.45) is 14.9. The van der Waals surface area contributed by atoms with Crippen LogP contribution in [0.1, 0.15) is 98.3 Å². The Labute approximate surface area is 145 Å². The molecule has 1 nitrogen and oxygen atoms in total. The Morgan fingerprint density at radius 3 is 2.17 bits per heavy atom. The summed E-state index contributed by atoms with van der Waals surface area (Å²) in [5.74, 6) is 5.06. The van der Waals surface area contributed by atoms with E-state index in [1.54, 1.807) is 0 Å². The molecule has 23 heavy (non-hydrogen) atoms. The standard InChI is InChI=1S/C22H42O/c1-5-6-7-11-19(13-9-16-23)12-8-10-17(2)14-15-22(4)20-18(3)21(20)22/h17-21,23H,5-16H2,1-4H3. The third-order valence-electron chi connectivity index (χ3n) is 7.26. The lowest BCUT2D eigenvalue weighted by Crippen LogP contribution is -2.13. The van der Waals surface area contributed by atoms with Gasteiger partial charge in [0.2, 0.25) is 0 Å². The van der Waals surface area contributed by atoms with Crippen molar-refractivity contribution in [1.82, 2.24) is 0 Å². The predicted molar refractivity (Wildman–Crippen MR) is 100 cm³/mol. The van der Waals surface area contributed by atoms with Crippen LogP contribution < -0.4 is 0 Å². The molecule has 0 saturated heterocycles. The summed E-state index contributed by atoms with van der Waals surface area (Å²) in [6.45, 7) is 10.1. The highest BCUT2D eigenvalue weighted by molar-refractivity contribution is 5.25. The van der Waals surface area contributed by atoms with Gasteiger partial charge in [0.15, 0.2) is 0 Å². The summed E-state index contributed by atoms with van der Waals surface area (Å²) in [6, 6.07) is 0. The van der Waals surface area contributed by atoms with Gasteiger partial charge >= 0.3 is 0 Å². The fourth-order valence-electron chi connectivity index (χ4n) is 5.47. The number of rotatable bonds is 14. The lowest BCUT2D eigenvalue weighted by atomic mass is 9.83. The lowest BCUT2D eigenvalue weighted by molar-refractivity contribution is 0.257. The van der Waals surface area contributed by atoms with E-state index in [1.165, 1.54) is 64.2 Å². The molecule has 0 aromatic heterocycles. The molecule has 0 radical (unpaired) electrons. The highest BCUT2D eigenvalue weighted by atomic mass is 16.2. The SMILES string of the molecule is CCCCCC(CCCO)CCCC(C)CCC1(C)C2C(C)C21. The molecule has 2 aliphatic carbocycles. The molecule has 4 atom stereocenters. The van der Waals surface area contributed by atoms with Crippen LogP contribution in [0.15, 0.2) is 0 Å². The average Bonchev–Trinajstić information content (AvgIpc) is 3.40. The van der Waals surface area contributed by atoms with E-state index < -0.39 is 0 Å². The maximum atomic E-state index is 9.10. The molecule has 2 fully saturated rings. The van der Waals surface area contributed by atoms with Gasteiger partial charge in [-0.2, -0.15) is 0 Å². The van der Waals surface area contributed by atoms with Crippen molar-refractivity contribution in [2.45, 2.75) is 98.3 Å². The molecule has 0 aromatic carbocycles. The molecule has 2 saturated carbocycles. The van der Waals surface area contributed by atoms with Crippen molar-refractivity contribution in [2.75, 3.05) is 6.61 Å². The maximum absolute atomic E-state index is 9.10. The molecule has 1 N–H and O–H groups in total. The Kier molecular flexibility index (Phi) is 7.45. The van der Waals surface area contributed by atoms with Crippen molar-refractivity contribution in [1.29, 1.82) is 0 Å². The zero-order valence-electron chi connectivity index (χ0n) is 16.3. The van der Waals surface area contributed by atoms with E-state index in [2.05, 4.69) is 27.7 Å². The monoisotopic (exact) mass is 322 g/mol. The van der Waals surface area contributed by atoms with Gasteiger partial charge in [-0.1, -0.05) is 79.1 Å². The minimum atomic E-state index is 0.375. The van der Waals surface area contributed by atoms with E-state index in [-0.39, 0.29) is 0 Å². The largest absolute Gasteiger partial charge is 0.396 e. The van der Waals surface area contributed by atoms with Crippen LogP contribution in [0.4, 0.5) is 0 Å². The molecular weight excluding hydrogens is 280 g/mol. The topological polar surface area (TPSA) is 20.2 Å². The molecule has 0 bridgehead atoms. The van der Waals surface area contributed by atoms with Gasteiger partial charge in [-0.05, 0) is 54.3 Å². The van der Waals surface area contributed by atoms with E-state index in [1.807, 2.05) is 0 Å². The zero-order valence-corrected chi connectivity index (χ0v) is 16.3. The van der Waals surface area contributed by atoms with Crippen molar-refractivity contribution in [3.05, 3.63) is 0 Å². The Morgan fingerprint density at radius 2 is 1.57 bits per heavy atom. The first-order valence-corrected chi connectivity index (χ1v) is 10.7. The van der Waals surface area contributed by atoms with Crippen molar-refractivity contribution >= 4 is 0 Å². The van der Waals surface area contributed by atoms with E-state index in [0.29, 0.717) is 6.61 Å². The highest BCUT2D eigenvalue weighted by Crippen LogP contribution is 2.82.